The number of anilines is 2. The van der Waals surface area contributed by atoms with Crippen molar-refractivity contribution in [1.29, 1.82) is 0 Å². The lowest BCUT2D eigenvalue weighted by atomic mass is 10.0. The van der Waals surface area contributed by atoms with Gasteiger partial charge in [0.05, 0.1) is 11.4 Å². The number of carbonyl (C=O) groups is 2. The Hall–Kier alpha value is -3.55. The second-order valence-corrected chi connectivity index (χ2v) is 8.35. The molecule has 4 rings (SSSR count). The predicted molar refractivity (Wildman–Crippen MR) is 127 cm³/mol. The van der Waals surface area contributed by atoms with Crippen LogP contribution in [-0.4, -0.2) is 16.7 Å². The van der Waals surface area contributed by atoms with Crippen LogP contribution in [0, 0.1) is 5.82 Å². The lowest BCUT2D eigenvalue weighted by Gasteiger charge is -2.18. The molecule has 4 aromatic rings. The lowest BCUT2D eigenvalue weighted by molar-refractivity contribution is -0.115. The fourth-order valence-electron chi connectivity index (χ4n) is 3.13. The number of nitrogens with zero attached hydrogens (tertiary/aromatic N) is 2. The molecule has 0 saturated heterocycles. The van der Waals surface area contributed by atoms with E-state index in [0.29, 0.717) is 32.7 Å². The van der Waals surface area contributed by atoms with E-state index in [1.54, 1.807) is 66.0 Å². The zero-order valence-corrected chi connectivity index (χ0v) is 19.1. The molecular weight excluding hydrogens is 463 g/mol. The molecule has 3 aromatic carbocycles. The summed E-state index contributed by atoms with van der Waals surface area (Å²) in [6.45, 7) is 1.51. The normalized spacial score (nSPS) is 10.6. The molecule has 0 spiro atoms. The van der Waals surface area contributed by atoms with Crippen molar-refractivity contribution in [3.8, 4) is 5.75 Å². The molecule has 166 valence electrons. The van der Waals surface area contributed by atoms with Gasteiger partial charge in [-0.1, -0.05) is 23.7 Å². The zero-order chi connectivity index (χ0) is 23.4. The van der Waals surface area contributed by atoms with Crippen LogP contribution < -0.4 is 9.64 Å². The minimum Gasteiger partial charge on any atom is -0.487 e. The van der Waals surface area contributed by atoms with Gasteiger partial charge in [0.15, 0.2) is 10.9 Å². The summed E-state index contributed by atoms with van der Waals surface area (Å²) in [7, 11) is 0. The van der Waals surface area contributed by atoms with Crippen LogP contribution in [0.5, 0.6) is 5.75 Å². The molecule has 1 aromatic heterocycles. The van der Waals surface area contributed by atoms with Gasteiger partial charge in [0.25, 0.3) is 0 Å². The van der Waals surface area contributed by atoms with Gasteiger partial charge in [-0.2, -0.15) is 0 Å². The Morgan fingerprint density at radius 1 is 1.00 bits per heavy atom. The third kappa shape index (κ3) is 5.27. The average molecular weight is 481 g/mol. The quantitative estimate of drug-likeness (QED) is 0.286. The molecule has 0 N–H and O–H groups in total. The highest BCUT2D eigenvalue weighted by Crippen LogP contribution is 2.31. The van der Waals surface area contributed by atoms with E-state index in [2.05, 4.69) is 4.98 Å². The van der Waals surface area contributed by atoms with E-state index in [-0.39, 0.29) is 24.0 Å². The minimum absolute atomic E-state index is 0.111. The highest BCUT2D eigenvalue weighted by atomic mass is 35.5. The summed E-state index contributed by atoms with van der Waals surface area (Å²) in [5.41, 5.74) is 1.82. The first-order valence-electron chi connectivity index (χ1n) is 9.95. The van der Waals surface area contributed by atoms with Gasteiger partial charge in [-0.25, -0.2) is 9.37 Å². The van der Waals surface area contributed by atoms with E-state index in [4.69, 9.17) is 16.3 Å². The fourth-order valence-corrected chi connectivity index (χ4v) is 4.12. The van der Waals surface area contributed by atoms with Gasteiger partial charge in [-0.3, -0.25) is 14.5 Å². The number of thiazole rings is 1. The van der Waals surface area contributed by atoms with Crippen LogP contribution in [0.1, 0.15) is 28.5 Å². The van der Waals surface area contributed by atoms with Gasteiger partial charge in [0.1, 0.15) is 18.2 Å². The van der Waals surface area contributed by atoms with Gasteiger partial charge >= 0.3 is 0 Å². The van der Waals surface area contributed by atoms with Crippen molar-refractivity contribution in [3.05, 3.63) is 106 Å². The number of hydrogen-bond acceptors (Lipinski definition) is 5. The van der Waals surface area contributed by atoms with E-state index in [0.717, 1.165) is 0 Å². The smallest absolute Gasteiger partial charge is 0.230 e. The number of amides is 1. The number of halogens is 2. The molecule has 0 fully saturated rings. The molecule has 0 radical (unpaired) electrons. The summed E-state index contributed by atoms with van der Waals surface area (Å²) in [5.74, 6) is -0.397. The monoisotopic (exact) mass is 480 g/mol. The molecule has 0 saturated carbocycles. The zero-order valence-electron chi connectivity index (χ0n) is 17.5. The lowest BCUT2D eigenvalue weighted by Crippen LogP contribution is -2.23. The van der Waals surface area contributed by atoms with E-state index in [1.807, 2.05) is 0 Å². The maximum Gasteiger partial charge on any atom is 0.230 e. The first-order valence-corrected chi connectivity index (χ1v) is 11.2. The van der Waals surface area contributed by atoms with Crippen LogP contribution >= 0.6 is 22.9 Å². The van der Waals surface area contributed by atoms with Gasteiger partial charge < -0.3 is 4.74 Å². The number of ether oxygens (including phenoxy) is 1. The SMILES string of the molecule is CC(=O)N(c1nc(COc2ccc(C(=O)c3ccc(Cl)cc3)cc2)cs1)c1ccccc1F. The Balaban J connectivity index is 1.43. The number of carbonyl (C=O) groups excluding carboxylic acids is 2. The summed E-state index contributed by atoms with van der Waals surface area (Å²) >= 11 is 7.10. The molecule has 0 bridgehead atoms. The molecule has 0 aliphatic carbocycles. The number of aromatic nitrogens is 1. The molecule has 8 heteroatoms. The molecular formula is C25H18ClFN2O3S. The third-order valence-corrected chi connectivity index (χ3v) is 5.88. The Bertz CT molecular complexity index is 1290. The second kappa shape index (κ2) is 9.94. The molecule has 33 heavy (non-hydrogen) atoms. The predicted octanol–water partition coefficient (Wildman–Crippen LogP) is 6.43. The number of benzene rings is 3. The molecule has 0 aliphatic heterocycles. The average Bonchev–Trinajstić information content (AvgIpc) is 3.28. The highest BCUT2D eigenvalue weighted by molar-refractivity contribution is 7.14. The number of ketones is 1. The Kier molecular flexibility index (Phi) is 6.82. The van der Waals surface area contributed by atoms with Crippen LogP contribution in [0.15, 0.2) is 78.2 Å². The van der Waals surface area contributed by atoms with E-state index < -0.39 is 5.82 Å². The van der Waals surface area contributed by atoms with E-state index in [9.17, 15) is 14.0 Å². The van der Waals surface area contributed by atoms with Gasteiger partial charge in [0, 0.05) is 28.5 Å². The Labute approximate surface area is 199 Å². The Morgan fingerprint density at radius 2 is 1.64 bits per heavy atom. The van der Waals surface area contributed by atoms with Crippen LogP contribution in [0.2, 0.25) is 5.02 Å². The van der Waals surface area contributed by atoms with Crippen molar-refractivity contribution in [2.24, 2.45) is 0 Å². The van der Waals surface area contributed by atoms with Gasteiger partial charge in [0.2, 0.25) is 5.91 Å². The second-order valence-electron chi connectivity index (χ2n) is 7.08. The number of rotatable bonds is 7. The fraction of sp³-hybridized carbons (Fsp3) is 0.0800. The Morgan fingerprint density at radius 3 is 2.27 bits per heavy atom. The van der Waals surface area contributed by atoms with Crippen molar-refractivity contribution in [3.63, 3.8) is 0 Å². The van der Waals surface area contributed by atoms with Crippen molar-refractivity contribution in [2.75, 3.05) is 4.90 Å². The topological polar surface area (TPSA) is 59.5 Å². The molecule has 5 nitrogen and oxygen atoms in total. The van der Waals surface area contributed by atoms with Crippen molar-refractivity contribution < 1.29 is 18.7 Å². The summed E-state index contributed by atoms with van der Waals surface area (Å²) in [6.07, 6.45) is 0. The maximum absolute atomic E-state index is 14.2. The van der Waals surface area contributed by atoms with Crippen LogP contribution in [-0.2, 0) is 11.4 Å². The standard InChI is InChI=1S/C25H18ClFN2O3S/c1-16(30)29(23-5-3-2-4-22(23)27)25-28-20(15-33-25)14-32-21-12-8-18(9-13-21)24(31)17-6-10-19(26)11-7-17/h2-13,15H,14H2,1H3. The minimum atomic E-state index is -0.506. The number of hydrogen-bond donors (Lipinski definition) is 0. The van der Waals surface area contributed by atoms with Crippen LogP contribution in [0.3, 0.4) is 0 Å². The maximum atomic E-state index is 14.2. The molecule has 0 aliphatic rings. The van der Waals surface area contributed by atoms with Gasteiger partial charge in [-0.15, -0.1) is 11.3 Å². The summed E-state index contributed by atoms with van der Waals surface area (Å²) in [4.78, 5) is 30.4. The molecule has 0 atom stereocenters. The van der Waals surface area contributed by atoms with Crippen molar-refractivity contribution in [2.45, 2.75) is 13.5 Å². The van der Waals surface area contributed by atoms with E-state index in [1.165, 1.54) is 35.3 Å². The molecule has 1 heterocycles. The van der Waals surface area contributed by atoms with Crippen LogP contribution in [0.25, 0.3) is 0 Å². The summed E-state index contributed by atoms with van der Waals surface area (Å²) in [6, 6.07) is 19.5. The highest BCUT2D eigenvalue weighted by Gasteiger charge is 2.21. The van der Waals surface area contributed by atoms with E-state index >= 15 is 0 Å². The van der Waals surface area contributed by atoms with Crippen molar-refractivity contribution in [1.82, 2.24) is 4.98 Å². The van der Waals surface area contributed by atoms with Crippen molar-refractivity contribution >= 4 is 45.4 Å². The molecule has 0 unspecified atom stereocenters. The molecule has 1 amide bonds. The number of para-hydroxylation sites is 1. The summed E-state index contributed by atoms with van der Waals surface area (Å²) in [5, 5.41) is 2.68. The van der Waals surface area contributed by atoms with Gasteiger partial charge in [-0.05, 0) is 60.7 Å². The first-order chi connectivity index (χ1) is 15.9. The first kappa shape index (κ1) is 22.6. The van der Waals surface area contributed by atoms with Crippen LogP contribution in [0.4, 0.5) is 15.2 Å². The largest absolute Gasteiger partial charge is 0.487 e. The third-order valence-electron chi connectivity index (χ3n) is 4.75. The summed E-state index contributed by atoms with van der Waals surface area (Å²) < 4.78 is 20.0.